The molecule has 0 radical (unpaired) electrons. The van der Waals surface area contributed by atoms with Crippen molar-refractivity contribution >= 4 is 71.7 Å². The summed E-state index contributed by atoms with van der Waals surface area (Å²) >= 11 is 0. The average Bonchev–Trinajstić information content (AvgIpc) is 3.84. The van der Waals surface area contributed by atoms with Crippen LogP contribution in [0.4, 0.5) is 17.1 Å². The lowest BCUT2D eigenvalue weighted by Crippen LogP contribution is -2.11. The molecule has 0 saturated heterocycles. The summed E-state index contributed by atoms with van der Waals surface area (Å²) in [5, 5.41) is 6.88. The Labute approximate surface area is 317 Å². The molecule has 11 rings (SSSR count). The highest BCUT2D eigenvalue weighted by Gasteiger charge is 2.22. The first kappa shape index (κ1) is 31.2. The summed E-state index contributed by atoms with van der Waals surface area (Å²) in [5.74, 6) is 0. The van der Waals surface area contributed by atoms with Crippen LogP contribution < -0.4 is 4.90 Å². The van der Waals surface area contributed by atoms with Crippen LogP contribution in [0.25, 0.3) is 88.0 Å². The highest BCUT2D eigenvalue weighted by molar-refractivity contribution is 6.23. The Bertz CT molecular complexity index is 3190. The van der Waals surface area contributed by atoms with E-state index < -0.39 is 0 Å². The van der Waals surface area contributed by atoms with E-state index in [2.05, 4.69) is 187 Å². The zero-order chi connectivity index (χ0) is 36.3. The topological polar surface area (TPSA) is 29.5 Å². The molecule has 0 fully saturated rings. The molecule has 0 N–H and O–H groups in total. The van der Waals surface area contributed by atoms with Crippen LogP contribution >= 0.6 is 0 Å². The molecule has 9 aromatic carbocycles. The Morgan fingerprint density at radius 3 is 1.65 bits per heavy atom. The third kappa shape index (κ3) is 5.13. The van der Waals surface area contributed by atoms with Gasteiger partial charge in [-0.3, -0.25) is 0 Å². The van der Waals surface area contributed by atoms with Gasteiger partial charge in [-0.15, -0.1) is 0 Å². The van der Waals surface area contributed by atoms with E-state index in [-0.39, 0.29) is 0 Å². The van der Waals surface area contributed by atoms with Crippen molar-refractivity contribution in [3.63, 3.8) is 0 Å². The number of para-hydroxylation sites is 4. The molecular weight excluding hydrogens is 671 g/mol. The van der Waals surface area contributed by atoms with E-state index in [1.54, 1.807) is 0 Å². The SMILES string of the molecule is c1ccc(-c2ccc(N(c3ccc(-c4cccc5c4oc4ccccc45)cc3)c3ccccc3-c3cc4ccccc4c4c3oc3ccccc34)cc2)cc1. The van der Waals surface area contributed by atoms with Crippen LogP contribution in [0.2, 0.25) is 0 Å². The fraction of sp³-hybridized carbons (Fsp3) is 0. The molecule has 2 heterocycles. The van der Waals surface area contributed by atoms with Crippen molar-refractivity contribution in [3.05, 3.63) is 200 Å². The Balaban J connectivity index is 1.11. The van der Waals surface area contributed by atoms with Crippen molar-refractivity contribution in [2.75, 3.05) is 4.90 Å². The highest BCUT2D eigenvalue weighted by Crippen LogP contribution is 2.47. The van der Waals surface area contributed by atoms with Crippen LogP contribution in [0.15, 0.2) is 209 Å². The fourth-order valence-corrected chi connectivity index (χ4v) is 8.30. The second-order valence-electron chi connectivity index (χ2n) is 14.0. The summed E-state index contributed by atoms with van der Waals surface area (Å²) < 4.78 is 13.2. The number of hydrogen-bond acceptors (Lipinski definition) is 3. The van der Waals surface area contributed by atoms with E-state index in [4.69, 9.17) is 8.83 Å². The van der Waals surface area contributed by atoms with Crippen molar-refractivity contribution in [3.8, 4) is 33.4 Å². The van der Waals surface area contributed by atoms with Crippen LogP contribution in [0.3, 0.4) is 0 Å². The maximum absolute atomic E-state index is 6.75. The van der Waals surface area contributed by atoms with Gasteiger partial charge in [-0.25, -0.2) is 0 Å². The first-order valence-corrected chi connectivity index (χ1v) is 18.7. The molecule has 0 spiro atoms. The lowest BCUT2D eigenvalue weighted by molar-refractivity contribution is 0.670. The van der Waals surface area contributed by atoms with E-state index in [1.165, 1.54) is 21.9 Å². The summed E-state index contributed by atoms with van der Waals surface area (Å²) in [6, 6.07) is 70.8. The number of fused-ring (bicyclic) bond motifs is 8. The van der Waals surface area contributed by atoms with Gasteiger partial charge >= 0.3 is 0 Å². The molecule has 3 nitrogen and oxygen atoms in total. The quantitative estimate of drug-likeness (QED) is 0.173. The first-order chi connectivity index (χ1) is 27.3. The average molecular weight is 704 g/mol. The molecular formula is C52H33NO2. The van der Waals surface area contributed by atoms with Crippen molar-refractivity contribution in [2.24, 2.45) is 0 Å². The van der Waals surface area contributed by atoms with Gasteiger partial charge in [-0.1, -0.05) is 152 Å². The molecule has 0 unspecified atom stereocenters. The maximum atomic E-state index is 6.75. The van der Waals surface area contributed by atoms with Crippen LogP contribution in [0.5, 0.6) is 0 Å². The number of benzene rings is 9. The summed E-state index contributed by atoms with van der Waals surface area (Å²) in [7, 11) is 0. The van der Waals surface area contributed by atoms with E-state index in [0.29, 0.717) is 0 Å². The zero-order valence-corrected chi connectivity index (χ0v) is 29.8. The van der Waals surface area contributed by atoms with E-state index in [9.17, 15) is 0 Å². The Hall–Kier alpha value is -7.36. The molecule has 0 saturated carbocycles. The van der Waals surface area contributed by atoms with Gasteiger partial charge in [0.2, 0.25) is 0 Å². The van der Waals surface area contributed by atoms with E-state index in [1.807, 2.05) is 18.2 Å². The predicted molar refractivity (Wildman–Crippen MR) is 229 cm³/mol. The fourth-order valence-electron chi connectivity index (χ4n) is 8.30. The number of nitrogens with zero attached hydrogens (tertiary/aromatic N) is 1. The monoisotopic (exact) mass is 703 g/mol. The third-order valence-electron chi connectivity index (χ3n) is 10.9. The molecule has 0 aliphatic heterocycles. The summed E-state index contributed by atoms with van der Waals surface area (Å²) in [6.07, 6.45) is 0. The minimum atomic E-state index is 0.885. The first-order valence-electron chi connectivity index (χ1n) is 18.7. The molecule has 3 heteroatoms. The third-order valence-corrected chi connectivity index (χ3v) is 10.9. The van der Waals surface area contributed by atoms with Gasteiger partial charge in [0.25, 0.3) is 0 Å². The molecule has 0 aliphatic rings. The highest BCUT2D eigenvalue weighted by atomic mass is 16.3. The molecule has 2 aromatic heterocycles. The van der Waals surface area contributed by atoms with Crippen molar-refractivity contribution < 1.29 is 8.83 Å². The van der Waals surface area contributed by atoms with Gasteiger partial charge in [0.1, 0.15) is 22.3 Å². The molecule has 0 bridgehead atoms. The second-order valence-corrected chi connectivity index (χ2v) is 14.0. The largest absolute Gasteiger partial charge is 0.455 e. The van der Waals surface area contributed by atoms with E-state index >= 15 is 0 Å². The number of furan rings is 2. The Kier molecular flexibility index (Phi) is 7.17. The maximum Gasteiger partial charge on any atom is 0.143 e. The van der Waals surface area contributed by atoms with Crippen LogP contribution in [-0.2, 0) is 0 Å². The van der Waals surface area contributed by atoms with E-state index in [0.717, 1.165) is 83.2 Å². The summed E-state index contributed by atoms with van der Waals surface area (Å²) in [4.78, 5) is 2.36. The molecule has 11 aromatic rings. The van der Waals surface area contributed by atoms with Gasteiger partial charge in [0.15, 0.2) is 0 Å². The number of anilines is 3. The summed E-state index contributed by atoms with van der Waals surface area (Å²) in [5.41, 5.74) is 13.4. The zero-order valence-electron chi connectivity index (χ0n) is 29.8. The van der Waals surface area contributed by atoms with Gasteiger partial charge < -0.3 is 13.7 Å². The Morgan fingerprint density at radius 1 is 0.327 bits per heavy atom. The molecule has 0 atom stereocenters. The second kappa shape index (κ2) is 12.6. The van der Waals surface area contributed by atoms with Crippen molar-refractivity contribution in [2.45, 2.75) is 0 Å². The lowest BCUT2D eigenvalue weighted by Gasteiger charge is -2.28. The van der Waals surface area contributed by atoms with Crippen molar-refractivity contribution in [1.82, 2.24) is 0 Å². The Morgan fingerprint density at radius 2 is 0.873 bits per heavy atom. The summed E-state index contributed by atoms with van der Waals surface area (Å²) in [6.45, 7) is 0. The standard InChI is InChI=1S/C52H33NO2/c1-2-13-34(14-3-1)35-25-29-38(30-26-35)53(39-31-27-36(28-32-39)41-20-12-21-44-43-18-7-10-23-48(43)54-51(41)44)47-22-9-6-17-42(47)46-33-37-15-4-5-16-40(37)50-45-19-8-11-24-49(45)55-52(46)50/h1-33H. The predicted octanol–water partition coefficient (Wildman–Crippen LogP) is 15.1. The van der Waals surface area contributed by atoms with Crippen LogP contribution in [-0.4, -0.2) is 0 Å². The van der Waals surface area contributed by atoms with Gasteiger partial charge in [0, 0.05) is 49.6 Å². The number of rotatable bonds is 6. The van der Waals surface area contributed by atoms with Gasteiger partial charge in [0.05, 0.1) is 5.69 Å². The lowest BCUT2D eigenvalue weighted by atomic mass is 9.94. The smallest absolute Gasteiger partial charge is 0.143 e. The van der Waals surface area contributed by atoms with Gasteiger partial charge in [-0.2, -0.15) is 0 Å². The molecule has 55 heavy (non-hydrogen) atoms. The molecule has 258 valence electrons. The molecule has 0 amide bonds. The van der Waals surface area contributed by atoms with Crippen molar-refractivity contribution in [1.29, 1.82) is 0 Å². The minimum Gasteiger partial charge on any atom is -0.455 e. The number of hydrogen-bond donors (Lipinski definition) is 0. The van der Waals surface area contributed by atoms with Crippen LogP contribution in [0.1, 0.15) is 0 Å². The normalized spacial score (nSPS) is 11.6. The molecule has 0 aliphatic carbocycles. The van der Waals surface area contributed by atoms with Crippen LogP contribution in [0, 0.1) is 0 Å². The van der Waals surface area contributed by atoms with Gasteiger partial charge in [-0.05, 0) is 76.0 Å². The minimum absolute atomic E-state index is 0.885.